The number of benzene rings is 2. The van der Waals surface area contributed by atoms with Crippen molar-refractivity contribution in [1.82, 2.24) is 0 Å². The van der Waals surface area contributed by atoms with Crippen LogP contribution in [0.25, 0.3) is 6.08 Å². The van der Waals surface area contributed by atoms with Gasteiger partial charge in [0.05, 0.1) is 18.1 Å². The molecule has 0 amide bonds. The molecular weight excluding hydrogens is 741 g/mol. The highest BCUT2D eigenvalue weighted by molar-refractivity contribution is 8.05. The lowest BCUT2D eigenvalue weighted by Crippen LogP contribution is -2.03. The second-order valence-corrected chi connectivity index (χ2v) is 18.9. The molecule has 0 aliphatic carbocycles. The van der Waals surface area contributed by atoms with Gasteiger partial charge in [-0.1, -0.05) is 250 Å². The van der Waals surface area contributed by atoms with Gasteiger partial charge in [-0.05, 0) is 61.1 Å². The first-order valence-electron chi connectivity index (χ1n) is 25.6. The molecule has 0 spiro atoms. The predicted molar refractivity (Wildman–Crippen MR) is 260 cm³/mol. The third-order valence-electron chi connectivity index (χ3n) is 12.4. The highest BCUT2D eigenvalue weighted by atomic mass is 32.2. The summed E-state index contributed by atoms with van der Waals surface area (Å²) in [5.41, 5.74) is 3.15. The number of Topliss-reactive ketones (excluding diaryl/α,β-unsaturated/α-hetero) is 1. The number of rotatable bonds is 40. The Morgan fingerprint density at radius 1 is 0.458 bits per heavy atom. The Kier molecular flexibility index (Phi) is 30.7. The van der Waals surface area contributed by atoms with Gasteiger partial charge in [-0.25, -0.2) is 0 Å². The van der Waals surface area contributed by atoms with Crippen LogP contribution in [0.3, 0.4) is 0 Å². The summed E-state index contributed by atoms with van der Waals surface area (Å²) < 4.78 is 12.8. The van der Waals surface area contributed by atoms with Crippen LogP contribution in [-0.4, -0.2) is 19.0 Å². The van der Waals surface area contributed by atoms with E-state index in [0.29, 0.717) is 6.61 Å². The first-order valence-corrected chi connectivity index (χ1v) is 26.4. The molecule has 1 aliphatic heterocycles. The highest BCUT2D eigenvalue weighted by Crippen LogP contribution is 2.44. The molecule has 0 fully saturated rings. The minimum atomic E-state index is 0.141. The van der Waals surface area contributed by atoms with Gasteiger partial charge in [-0.15, -0.1) is 0 Å². The Hall–Kier alpha value is -2.20. The van der Waals surface area contributed by atoms with Crippen molar-refractivity contribution in [2.24, 2.45) is 0 Å². The minimum absolute atomic E-state index is 0.141. The molecule has 1 aliphatic rings. The number of hydrogen-bond acceptors (Lipinski definition) is 4. The van der Waals surface area contributed by atoms with E-state index < -0.39 is 0 Å². The smallest absolute Gasteiger partial charge is 0.200 e. The first-order chi connectivity index (χ1) is 29.2. The summed E-state index contributed by atoms with van der Waals surface area (Å²) in [5.74, 6) is 1.79. The third kappa shape index (κ3) is 23.6. The van der Waals surface area contributed by atoms with Crippen molar-refractivity contribution in [1.29, 1.82) is 0 Å². The zero-order chi connectivity index (χ0) is 41.9. The average molecular weight is 831 g/mol. The molecule has 3 rings (SSSR count). The topological polar surface area (TPSA) is 35.5 Å². The van der Waals surface area contributed by atoms with Crippen molar-refractivity contribution >= 4 is 23.6 Å². The number of allylic oxidation sites excluding steroid dienone is 1. The van der Waals surface area contributed by atoms with E-state index in [-0.39, 0.29) is 5.78 Å². The molecule has 0 bridgehead atoms. The summed E-state index contributed by atoms with van der Waals surface area (Å²) in [6.45, 7) is 8.24. The van der Waals surface area contributed by atoms with Gasteiger partial charge in [0.25, 0.3) is 0 Å². The largest absolute Gasteiger partial charge is 0.490 e. The zero-order valence-electron chi connectivity index (χ0n) is 38.8. The summed E-state index contributed by atoms with van der Waals surface area (Å²) in [6.07, 6.45) is 49.1. The molecule has 0 saturated heterocycles. The highest BCUT2D eigenvalue weighted by Gasteiger charge is 2.28. The van der Waals surface area contributed by atoms with E-state index in [1.807, 2.05) is 12.1 Å². The quantitative estimate of drug-likeness (QED) is 0.0495. The number of thioether (sulfide) groups is 1. The van der Waals surface area contributed by atoms with Gasteiger partial charge in [0.2, 0.25) is 5.78 Å². The van der Waals surface area contributed by atoms with Gasteiger partial charge in [0.1, 0.15) is 0 Å². The fraction of sp³-hybridized carbons (Fsp3) is 0.727. The minimum Gasteiger partial charge on any atom is -0.490 e. The van der Waals surface area contributed by atoms with Crippen LogP contribution >= 0.6 is 11.8 Å². The van der Waals surface area contributed by atoms with Crippen LogP contribution in [-0.2, 0) is 6.42 Å². The number of hydrogen-bond donors (Lipinski definition) is 0. The van der Waals surface area contributed by atoms with Gasteiger partial charge in [-0.3, -0.25) is 4.79 Å². The van der Waals surface area contributed by atoms with Crippen molar-refractivity contribution in [2.45, 2.75) is 250 Å². The molecule has 0 saturated carbocycles. The fourth-order valence-corrected chi connectivity index (χ4v) is 9.68. The SMILES string of the molecule is CCCCCCCCCCCCCCCCCCOc1ccc(C=C2Sc3c(CCCC)cccc3C2=O)cc1OCCCCCCCCCCCCCCCCCC. The van der Waals surface area contributed by atoms with Crippen LogP contribution < -0.4 is 9.47 Å². The monoisotopic (exact) mass is 831 g/mol. The van der Waals surface area contributed by atoms with Crippen LogP contribution in [0.2, 0.25) is 0 Å². The third-order valence-corrected chi connectivity index (χ3v) is 13.6. The molecule has 2 aromatic rings. The molecule has 59 heavy (non-hydrogen) atoms. The van der Waals surface area contributed by atoms with Crippen LogP contribution in [0.4, 0.5) is 0 Å². The number of ketones is 1. The Balaban J connectivity index is 1.37. The number of carbonyl (C=O) groups excluding carboxylic acids is 1. The van der Waals surface area contributed by atoms with Crippen LogP contribution in [0, 0.1) is 0 Å². The standard InChI is InChI=1S/C55H90O3S/c1-4-7-10-12-14-16-18-20-22-24-26-28-30-32-34-36-44-57-51-43-42-48(47-53-54(56)50-41-38-40-49(39-9-6-3)55(50)59-53)46-52(51)58-45-37-35-33-31-29-27-25-23-21-19-17-15-13-11-8-5-2/h38,40-43,46-47H,4-37,39,44-45H2,1-3H3. The zero-order valence-corrected chi connectivity index (χ0v) is 39.7. The van der Waals surface area contributed by atoms with E-state index in [0.717, 1.165) is 71.1 Å². The Bertz CT molecular complexity index is 1360. The second kappa shape index (κ2) is 35.4. The van der Waals surface area contributed by atoms with E-state index in [2.05, 4.69) is 51.1 Å². The van der Waals surface area contributed by atoms with Crippen molar-refractivity contribution in [3.8, 4) is 11.5 Å². The number of aryl methyl sites for hydroxylation is 1. The van der Waals surface area contributed by atoms with Gasteiger partial charge < -0.3 is 9.47 Å². The normalized spacial score (nSPS) is 13.1. The van der Waals surface area contributed by atoms with E-state index >= 15 is 0 Å². The predicted octanol–water partition coefficient (Wildman–Crippen LogP) is 18.6. The van der Waals surface area contributed by atoms with Crippen LogP contribution in [0.1, 0.15) is 261 Å². The van der Waals surface area contributed by atoms with E-state index in [1.165, 1.54) is 198 Å². The maximum atomic E-state index is 13.5. The summed E-state index contributed by atoms with van der Waals surface area (Å²) in [4.78, 5) is 15.4. The van der Waals surface area contributed by atoms with Crippen molar-refractivity contribution in [3.63, 3.8) is 0 Å². The first kappa shape index (κ1) is 51.2. The molecule has 0 atom stereocenters. The molecule has 2 aromatic carbocycles. The summed E-state index contributed by atoms with van der Waals surface area (Å²) >= 11 is 1.64. The molecule has 3 nitrogen and oxygen atoms in total. The molecular formula is C55H90O3S. The molecule has 0 unspecified atom stereocenters. The summed E-state index contributed by atoms with van der Waals surface area (Å²) in [6, 6.07) is 12.5. The van der Waals surface area contributed by atoms with E-state index in [9.17, 15) is 4.79 Å². The fourth-order valence-electron chi connectivity index (χ4n) is 8.49. The Morgan fingerprint density at radius 3 is 1.31 bits per heavy atom. The van der Waals surface area contributed by atoms with Gasteiger partial charge in [-0.2, -0.15) is 0 Å². The van der Waals surface area contributed by atoms with Gasteiger partial charge in [0, 0.05) is 10.5 Å². The molecule has 4 heteroatoms. The van der Waals surface area contributed by atoms with Gasteiger partial charge >= 0.3 is 0 Å². The van der Waals surface area contributed by atoms with Crippen molar-refractivity contribution in [2.75, 3.05) is 13.2 Å². The molecule has 0 N–H and O–H groups in total. The van der Waals surface area contributed by atoms with E-state index in [4.69, 9.17) is 9.47 Å². The lowest BCUT2D eigenvalue weighted by molar-refractivity contribution is 0.104. The number of fused-ring (bicyclic) bond motifs is 1. The molecule has 1 heterocycles. The lowest BCUT2D eigenvalue weighted by Gasteiger charge is -2.14. The number of carbonyl (C=O) groups is 1. The summed E-state index contributed by atoms with van der Waals surface area (Å²) in [7, 11) is 0. The second-order valence-electron chi connectivity index (χ2n) is 17.8. The molecule has 0 aromatic heterocycles. The lowest BCUT2D eigenvalue weighted by atomic mass is 10.0. The van der Waals surface area contributed by atoms with Crippen LogP contribution in [0.5, 0.6) is 11.5 Å². The Morgan fingerprint density at radius 2 is 0.864 bits per heavy atom. The Labute approximate surface area is 369 Å². The van der Waals surface area contributed by atoms with E-state index in [1.54, 1.807) is 11.8 Å². The van der Waals surface area contributed by atoms with Crippen molar-refractivity contribution in [3.05, 3.63) is 58.0 Å². The molecule has 334 valence electrons. The van der Waals surface area contributed by atoms with Crippen LogP contribution in [0.15, 0.2) is 46.2 Å². The maximum absolute atomic E-state index is 13.5. The number of ether oxygens (including phenoxy) is 2. The summed E-state index contributed by atoms with van der Waals surface area (Å²) in [5, 5.41) is 0. The maximum Gasteiger partial charge on any atom is 0.200 e. The number of unbranched alkanes of at least 4 members (excludes halogenated alkanes) is 31. The molecule has 0 radical (unpaired) electrons. The van der Waals surface area contributed by atoms with Gasteiger partial charge in [0.15, 0.2) is 11.5 Å². The van der Waals surface area contributed by atoms with Crippen molar-refractivity contribution < 1.29 is 14.3 Å². The average Bonchev–Trinajstić information content (AvgIpc) is 3.57.